The fourth-order valence-corrected chi connectivity index (χ4v) is 1.75. The summed E-state index contributed by atoms with van der Waals surface area (Å²) < 4.78 is 5.68. The molecule has 0 saturated heterocycles. The number of aromatic nitrogens is 1. The van der Waals surface area contributed by atoms with Crippen molar-refractivity contribution in [2.24, 2.45) is 0 Å². The molecule has 0 saturated carbocycles. The van der Waals surface area contributed by atoms with Gasteiger partial charge in [0.25, 0.3) is 0 Å². The second kappa shape index (κ2) is 4.12. The summed E-state index contributed by atoms with van der Waals surface area (Å²) >= 11 is 0. The van der Waals surface area contributed by atoms with Crippen molar-refractivity contribution in [1.29, 1.82) is 0 Å². The Morgan fingerprint density at radius 1 is 1.12 bits per heavy atom. The van der Waals surface area contributed by atoms with Crippen molar-refractivity contribution in [1.82, 2.24) is 4.98 Å². The molecule has 0 atom stereocenters. The lowest BCUT2D eigenvalue weighted by atomic mass is 10.1. The average Bonchev–Trinajstić information content (AvgIpc) is 2.64. The van der Waals surface area contributed by atoms with Gasteiger partial charge in [-0.25, -0.2) is 4.98 Å². The zero-order chi connectivity index (χ0) is 11.7. The van der Waals surface area contributed by atoms with Crippen LogP contribution in [-0.2, 0) is 6.42 Å². The minimum Gasteiger partial charge on any atom is -0.441 e. The molecule has 16 heavy (non-hydrogen) atoms. The molecule has 0 fully saturated rings. The van der Waals surface area contributed by atoms with Gasteiger partial charge in [-0.15, -0.1) is 0 Å². The van der Waals surface area contributed by atoms with Gasteiger partial charge in [0.1, 0.15) is 5.76 Å². The van der Waals surface area contributed by atoms with Gasteiger partial charge in [-0.2, -0.15) is 0 Å². The standard InChI is InChI=1S/C14H17NO/c1-5-13-11(4)16-14(15-13)12-7-6-9(2)10(3)8-12/h6-8H,5H2,1-4H3. The number of hydrogen-bond acceptors (Lipinski definition) is 2. The fraction of sp³-hybridized carbons (Fsp3) is 0.357. The summed E-state index contributed by atoms with van der Waals surface area (Å²) in [5.74, 6) is 1.66. The molecule has 0 aliphatic carbocycles. The van der Waals surface area contributed by atoms with Gasteiger partial charge < -0.3 is 4.42 Å². The van der Waals surface area contributed by atoms with Crippen LogP contribution in [0.4, 0.5) is 0 Å². The molecule has 0 amide bonds. The van der Waals surface area contributed by atoms with E-state index in [1.807, 2.05) is 6.92 Å². The molecule has 0 bridgehead atoms. The molecule has 0 unspecified atom stereocenters. The molecule has 1 heterocycles. The summed E-state index contributed by atoms with van der Waals surface area (Å²) in [7, 11) is 0. The summed E-state index contributed by atoms with van der Waals surface area (Å²) in [4.78, 5) is 4.50. The van der Waals surface area contributed by atoms with E-state index in [9.17, 15) is 0 Å². The Kier molecular flexibility index (Phi) is 2.82. The molecule has 1 aromatic heterocycles. The summed E-state index contributed by atoms with van der Waals surface area (Å²) in [6.07, 6.45) is 0.917. The van der Waals surface area contributed by atoms with Crippen molar-refractivity contribution >= 4 is 0 Å². The monoisotopic (exact) mass is 215 g/mol. The summed E-state index contributed by atoms with van der Waals surface area (Å²) in [5.41, 5.74) is 4.67. The zero-order valence-electron chi connectivity index (χ0n) is 10.3. The zero-order valence-corrected chi connectivity index (χ0v) is 10.3. The van der Waals surface area contributed by atoms with E-state index in [1.54, 1.807) is 0 Å². The van der Waals surface area contributed by atoms with Crippen molar-refractivity contribution in [2.75, 3.05) is 0 Å². The Balaban J connectivity index is 2.46. The quantitative estimate of drug-likeness (QED) is 0.761. The maximum absolute atomic E-state index is 5.68. The fourth-order valence-electron chi connectivity index (χ4n) is 1.75. The van der Waals surface area contributed by atoms with Crippen molar-refractivity contribution in [3.8, 4) is 11.5 Å². The second-order valence-electron chi connectivity index (χ2n) is 4.17. The van der Waals surface area contributed by atoms with Crippen LogP contribution in [0.1, 0.15) is 29.5 Å². The summed E-state index contributed by atoms with van der Waals surface area (Å²) in [6, 6.07) is 6.29. The third kappa shape index (κ3) is 1.87. The van der Waals surface area contributed by atoms with E-state index in [0.717, 1.165) is 29.3 Å². The molecular weight excluding hydrogens is 198 g/mol. The first kappa shape index (κ1) is 10.9. The highest BCUT2D eigenvalue weighted by Crippen LogP contribution is 2.23. The van der Waals surface area contributed by atoms with Crippen LogP contribution in [0.25, 0.3) is 11.5 Å². The third-order valence-corrected chi connectivity index (χ3v) is 2.98. The van der Waals surface area contributed by atoms with Crippen LogP contribution in [-0.4, -0.2) is 4.98 Å². The first-order valence-corrected chi connectivity index (χ1v) is 5.65. The minimum absolute atomic E-state index is 0.734. The predicted molar refractivity (Wildman–Crippen MR) is 65.5 cm³/mol. The van der Waals surface area contributed by atoms with Crippen LogP contribution in [0.15, 0.2) is 22.6 Å². The largest absolute Gasteiger partial charge is 0.441 e. The van der Waals surface area contributed by atoms with E-state index < -0.39 is 0 Å². The first-order valence-electron chi connectivity index (χ1n) is 5.65. The maximum Gasteiger partial charge on any atom is 0.226 e. The van der Waals surface area contributed by atoms with Gasteiger partial charge in [-0.3, -0.25) is 0 Å². The van der Waals surface area contributed by atoms with Crippen LogP contribution in [0.2, 0.25) is 0 Å². The molecule has 2 aromatic rings. The number of rotatable bonds is 2. The molecule has 2 rings (SSSR count). The smallest absolute Gasteiger partial charge is 0.226 e. The lowest BCUT2D eigenvalue weighted by molar-refractivity contribution is 0.539. The molecule has 0 aliphatic rings. The van der Waals surface area contributed by atoms with Gasteiger partial charge in [0.15, 0.2) is 0 Å². The van der Waals surface area contributed by atoms with Gasteiger partial charge in [0.2, 0.25) is 5.89 Å². The topological polar surface area (TPSA) is 26.0 Å². The highest BCUT2D eigenvalue weighted by molar-refractivity contribution is 5.56. The van der Waals surface area contributed by atoms with Gasteiger partial charge >= 0.3 is 0 Å². The number of hydrogen-bond donors (Lipinski definition) is 0. The van der Waals surface area contributed by atoms with Gasteiger partial charge in [-0.05, 0) is 50.5 Å². The number of benzene rings is 1. The van der Waals surface area contributed by atoms with Crippen LogP contribution >= 0.6 is 0 Å². The molecule has 0 spiro atoms. The number of aryl methyl sites for hydroxylation is 4. The molecule has 84 valence electrons. The Morgan fingerprint density at radius 2 is 1.88 bits per heavy atom. The van der Waals surface area contributed by atoms with E-state index in [-0.39, 0.29) is 0 Å². The van der Waals surface area contributed by atoms with Crippen molar-refractivity contribution in [3.05, 3.63) is 40.8 Å². The van der Waals surface area contributed by atoms with Crippen molar-refractivity contribution < 1.29 is 4.42 Å². The van der Waals surface area contributed by atoms with Crippen LogP contribution < -0.4 is 0 Å². The van der Waals surface area contributed by atoms with Gasteiger partial charge in [0, 0.05) is 5.56 Å². The summed E-state index contributed by atoms with van der Waals surface area (Å²) in [5, 5.41) is 0. The van der Waals surface area contributed by atoms with Gasteiger partial charge in [-0.1, -0.05) is 13.0 Å². The van der Waals surface area contributed by atoms with Crippen molar-refractivity contribution in [2.45, 2.75) is 34.1 Å². The Labute approximate surface area is 96.3 Å². The molecule has 0 aliphatic heterocycles. The Morgan fingerprint density at radius 3 is 2.44 bits per heavy atom. The van der Waals surface area contributed by atoms with Gasteiger partial charge in [0.05, 0.1) is 5.69 Å². The first-order chi connectivity index (χ1) is 7.61. The van der Waals surface area contributed by atoms with E-state index in [1.165, 1.54) is 11.1 Å². The van der Waals surface area contributed by atoms with E-state index in [0.29, 0.717) is 0 Å². The molecule has 2 nitrogen and oxygen atoms in total. The normalized spacial score (nSPS) is 10.8. The Hall–Kier alpha value is -1.57. The molecule has 0 radical (unpaired) electrons. The average molecular weight is 215 g/mol. The molecular formula is C14H17NO. The highest BCUT2D eigenvalue weighted by Gasteiger charge is 2.10. The minimum atomic E-state index is 0.734. The second-order valence-corrected chi connectivity index (χ2v) is 4.17. The lowest BCUT2D eigenvalue weighted by Gasteiger charge is -2.01. The van der Waals surface area contributed by atoms with Crippen molar-refractivity contribution in [3.63, 3.8) is 0 Å². The SMILES string of the molecule is CCc1nc(-c2ccc(C)c(C)c2)oc1C. The van der Waals surface area contributed by atoms with Crippen LogP contribution in [0, 0.1) is 20.8 Å². The summed E-state index contributed by atoms with van der Waals surface area (Å²) in [6.45, 7) is 8.28. The maximum atomic E-state index is 5.68. The molecule has 1 aromatic carbocycles. The number of oxazole rings is 1. The predicted octanol–water partition coefficient (Wildman–Crippen LogP) is 3.83. The molecule has 0 N–H and O–H groups in total. The Bertz CT molecular complexity index is 511. The van der Waals surface area contributed by atoms with E-state index >= 15 is 0 Å². The van der Waals surface area contributed by atoms with Crippen LogP contribution in [0.3, 0.4) is 0 Å². The third-order valence-electron chi connectivity index (χ3n) is 2.98. The van der Waals surface area contributed by atoms with E-state index in [4.69, 9.17) is 4.42 Å². The molecule has 2 heteroatoms. The number of nitrogens with zero attached hydrogens (tertiary/aromatic N) is 1. The highest BCUT2D eigenvalue weighted by atomic mass is 16.4. The van der Waals surface area contributed by atoms with Crippen LogP contribution in [0.5, 0.6) is 0 Å². The van der Waals surface area contributed by atoms with E-state index in [2.05, 4.69) is 44.0 Å². The lowest BCUT2D eigenvalue weighted by Crippen LogP contribution is -1.85.